The van der Waals surface area contributed by atoms with Crippen molar-refractivity contribution in [3.8, 4) is 11.5 Å². The Morgan fingerprint density at radius 3 is 2.26 bits per heavy atom. The predicted molar refractivity (Wildman–Crippen MR) is 101 cm³/mol. The van der Waals surface area contributed by atoms with Gasteiger partial charge in [0.2, 0.25) is 0 Å². The van der Waals surface area contributed by atoms with Gasteiger partial charge in [-0.2, -0.15) is 0 Å². The lowest BCUT2D eigenvalue weighted by molar-refractivity contribution is -0.141. The van der Waals surface area contributed by atoms with Gasteiger partial charge in [0.05, 0.1) is 21.3 Å². The smallest absolute Gasteiger partial charge is 0.325 e. The van der Waals surface area contributed by atoms with Crippen molar-refractivity contribution in [3.63, 3.8) is 0 Å². The van der Waals surface area contributed by atoms with Crippen molar-refractivity contribution in [2.24, 2.45) is 0 Å². The van der Waals surface area contributed by atoms with Gasteiger partial charge in [0.15, 0.2) is 11.5 Å². The maximum absolute atomic E-state index is 12.6. The Balaban J connectivity index is 2.05. The highest BCUT2D eigenvalue weighted by Gasteiger charge is 2.18. The second kappa shape index (κ2) is 10.1. The molecule has 7 nitrogen and oxygen atoms in total. The first-order valence-corrected chi connectivity index (χ1v) is 8.41. The number of methoxy groups -OCH3 is 3. The minimum Gasteiger partial charge on any atom is -0.493 e. The summed E-state index contributed by atoms with van der Waals surface area (Å²) in [6.45, 7) is 0.447. The van der Waals surface area contributed by atoms with Crippen LogP contribution in [0, 0.1) is 0 Å². The first kappa shape index (κ1) is 20.1. The number of esters is 1. The van der Waals surface area contributed by atoms with Crippen LogP contribution in [-0.4, -0.2) is 44.8 Å². The zero-order valence-electron chi connectivity index (χ0n) is 15.7. The molecule has 0 bridgehead atoms. The number of amides is 2. The van der Waals surface area contributed by atoms with Gasteiger partial charge in [0.1, 0.15) is 6.54 Å². The Labute approximate surface area is 158 Å². The maximum atomic E-state index is 12.6. The van der Waals surface area contributed by atoms with Gasteiger partial charge >= 0.3 is 12.0 Å². The van der Waals surface area contributed by atoms with Crippen molar-refractivity contribution in [1.29, 1.82) is 0 Å². The average Bonchev–Trinajstić information content (AvgIpc) is 2.71. The molecule has 27 heavy (non-hydrogen) atoms. The monoisotopic (exact) mass is 372 g/mol. The Bertz CT molecular complexity index is 764. The number of carbonyl (C=O) groups excluding carboxylic acids is 2. The lowest BCUT2D eigenvalue weighted by Gasteiger charge is -2.22. The van der Waals surface area contributed by atoms with Gasteiger partial charge in [-0.1, -0.05) is 36.4 Å². The Hall–Kier alpha value is -3.22. The zero-order valence-corrected chi connectivity index (χ0v) is 15.7. The van der Waals surface area contributed by atoms with Crippen molar-refractivity contribution in [2.45, 2.75) is 13.1 Å². The van der Waals surface area contributed by atoms with Crippen LogP contribution in [0.2, 0.25) is 0 Å². The summed E-state index contributed by atoms with van der Waals surface area (Å²) in [5.74, 6) is 0.719. The molecule has 0 saturated heterocycles. The molecule has 0 heterocycles. The minimum absolute atomic E-state index is 0.136. The van der Waals surface area contributed by atoms with E-state index in [4.69, 9.17) is 14.2 Å². The number of nitrogens with zero attached hydrogens (tertiary/aromatic N) is 1. The van der Waals surface area contributed by atoms with Crippen LogP contribution in [-0.2, 0) is 22.6 Å². The summed E-state index contributed by atoms with van der Waals surface area (Å²) in [4.78, 5) is 25.7. The fraction of sp³-hybridized carbons (Fsp3) is 0.300. The number of hydrogen-bond acceptors (Lipinski definition) is 5. The van der Waals surface area contributed by atoms with Gasteiger partial charge in [0.25, 0.3) is 0 Å². The molecule has 1 N–H and O–H groups in total. The molecule has 7 heteroatoms. The summed E-state index contributed by atoms with van der Waals surface area (Å²) < 4.78 is 15.2. The van der Waals surface area contributed by atoms with Gasteiger partial charge in [-0.3, -0.25) is 4.79 Å². The number of carbonyl (C=O) groups is 2. The van der Waals surface area contributed by atoms with E-state index in [0.717, 1.165) is 11.1 Å². The third-order valence-electron chi connectivity index (χ3n) is 3.94. The summed E-state index contributed by atoms with van der Waals surface area (Å²) in [5, 5.41) is 2.82. The molecule has 0 aliphatic carbocycles. The van der Waals surface area contributed by atoms with Crippen LogP contribution >= 0.6 is 0 Å². The fourth-order valence-electron chi connectivity index (χ4n) is 2.50. The largest absolute Gasteiger partial charge is 0.493 e. The molecule has 0 spiro atoms. The van der Waals surface area contributed by atoms with E-state index in [1.807, 2.05) is 36.4 Å². The van der Waals surface area contributed by atoms with Gasteiger partial charge < -0.3 is 24.4 Å². The first-order valence-electron chi connectivity index (χ1n) is 8.41. The van der Waals surface area contributed by atoms with Crippen molar-refractivity contribution in [1.82, 2.24) is 10.2 Å². The molecule has 2 aromatic carbocycles. The maximum Gasteiger partial charge on any atom is 0.325 e. The number of urea groups is 1. The van der Waals surface area contributed by atoms with Crippen LogP contribution in [0.5, 0.6) is 11.5 Å². The molecule has 0 aromatic heterocycles. The van der Waals surface area contributed by atoms with Gasteiger partial charge in [-0.15, -0.1) is 0 Å². The highest BCUT2D eigenvalue weighted by atomic mass is 16.5. The van der Waals surface area contributed by atoms with Crippen LogP contribution in [0.25, 0.3) is 0 Å². The van der Waals surface area contributed by atoms with Crippen molar-refractivity contribution in [2.75, 3.05) is 27.9 Å². The van der Waals surface area contributed by atoms with Crippen molar-refractivity contribution >= 4 is 12.0 Å². The van der Waals surface area contributed by atoms with E-state index in [2.05, 4.69) is 5.32 Å². The summed E-state index contributed by atoms with van der Waals surface area (Å²) in [6.07, 6.45) is 0. The SMILES string of the molecule is COC(=O)CN(Cc1ccccc1)C(=O)NCc1ccc(OC)c(OC)c1. The summed E-state index contributed by atoms with van der Waals surface area (Å²) >= 11 is 0. The highest BCUT2D eigenvalue weighted by Crippen LogP contribution is 2.27. The summed E-state index contributed by atoms with van der Waals surface area (Å²) in [6, 6.07) is 14.5. The Morgan fingerprint density at radius 1 is 0.926 bits per heavy atom. The lowest BCUT2D eigenvalue weighted by atomic mass is 10.2. The number of rotatable bonds is 8. The number of benzene rings is 2. The highest BCUT2D eigenvalue weighted by molar-refractivity contribution is 5.80. The second-order valence-electron chi connectivity index (χ2n) is 5.77. The molecule has 2 amide bonds. The number of ether oxygens (including phenoxy) is 3. The number of nitrogens with one attached hydrogen (secondary N) is 1. The normalized spacial score (nSPS) is 10.0. The van der Waals surface area contributed by atoms with E-state index in [-0.39, 0.29) is 19.1 Å². The van der Waals surface area contributed by atoms with E-state index in [9.17, 15) is 9.59 Å². The number of hydrogen-bond donors (Lipinski definition) is 1. The van der Waals surface area contributed by atoms with Gasteiger partial charge in [-0.05, 0) is 23.3 Å². The lowest BCUT2D eigenvalue weighted by Crippen LogP contribution is -2.42. The van der Waals surface area contributed by atoms with Crippen LogP contribution in [0.3, 0.4) is 0 Å². The third-order valence-corrected chi connectivity index (χ3v) is 3.94. The Morgan fingerprint density at radius 2 is 1.63 bits per heavy atom. The van der Waals surface area contributed by atoms with Gasteiger partial charge in [0, 0.05) is 13.1 Å². The summed E-state index contributed by atoms with van der Waals surface area (Å²) in [5.41, 5.74) is 1.77. The molecule has 0 atom stereocenters. The van der Waals surface area contributed by atoms with E-state index >= 15 is 0 Å². The predicted octanol–water partition coefficient (Wildman–Crippen LogP) is 2.59. The third kappa shape index (κ3) is 5.91. The molecule has 2 rings (SSSR count). The van der Waals surface area contributed by atoms with E-state index in [0.29, 0.717) is 18.0 Å². The summed E-state index contributed by atoms with van der Waals surface area (Å²) in [7, 11) is 4.41. The molecule has 0 unspecified atom stereocenters. The molecular weight excluding hydrogens is 348 g/mol. The minimum atomic E-state index is -0.479. The molecule has 0 aliphatic heterocycles. The first-order chi connectivity index (χ1) is 13.1. The molecule has 0 fully saturated rings. The van der Waals surface area contributed by atoms with E-state index < -0.39 is 5.97 Å². The van der Waals surface area contributed by atoms with Crippen LogP contribution < -0.4 is 14.8 Å². The fourth-order valence-corrected chi connectivity index (χ4v) is 2.50. The van der Waals surface area contributed by atoms with E-state index in [1.54, 1.807) is 26.4 Å². The Kier molecular flexibility index (Phi) is 7.49. The topological polar surface area (TPSA) is 77.1 Å². The molecule has 0 saturated carbocycles. The van der Waals surface area contributed by atoms with Gasteiger partial charge in [-0.25, -0.2) is 4.79 Å². The molecule has 0 aliphatic rings. The van der Waals surface area contributed by atoms with Crippen LogP contribution in [0.1, 0.15) is 11.1 Å². The van der Waals surface area contributed by atoms with E-state index in [1.165, 1.54) is 12.0 Å². The quantitative estimate of drug-likeness (QED) is 0.721. The molecule has 144 valence electrons. The van der Waals surface area contributed by atoms with Crippen molar-refractivity contribution in [3.05, 3.63) is 59.7 Å². The molecular formula is C20H24N2O5. The van der Waals surface area contributed by atoms with Crippen LogP contribution in [0.4, 0.5) is 4.79 Å². The van der Waals surface area contributed by atoms with Crippen LogP contribution in [0.15, 0.2) is 48.5 Å². The zero-order chi connectivity index (χ0) is 19.6. The average molecular weight is 372 g/mol. The van der Waals surface area contributed by atoms with Crippen molar-refractivity contribution < 1.29 is 23.8 Å². The molecule has 2 aromatic rings. The molecule has 0 radical (unpaired) electrons. The second-order valence-corrected chi connectivity index (χ2v) is 5.77. The standard InChI is InChI=1S/C20H24N2O5/c1-25-17-10-9-16(11-18(17)26-2)12-21-20(24)22(14-19(23)27-3)13-15-7-5-4-6-8-15/h4-11H,12-14H2,1-3H3,(H,21,24).